The zero-order valence-corrected chi connectivity index (χ0v) is 11.6. The molecule has 0 bridgehead atoms. The normalized spacial score (nSPS) is 26.6. The number of nitrogens with two attached hydrogens (primary N) is 1. The van der Waals surface area contributed by atoms with Gasteiger partial charge in [-0.25, -0.2) is 4.98 Å². The van der Waals surface area contributed by atoms with E-state index >= 15 is 0 Å². The van der Waals surface area contributed by atoms with Gasteiger partial charge in [-0.3, -0.25) is 4.79 Å². The van der Waals surface area contributed by atoms with Crippen molar-refractivity contribution in [3.05, 3.63) is 16.1 Å². The first-order chi connectivity index (χ1) is 9.28. The van der Waals surface area contributed by atoms with Crippen LogP contribution in [-0.4, -0.2) is 36.2 Å². The summed E-state index contributed by atoms with van der Waals surface area (Å²) in [5.74, 6) is 0.566. The molecular formula is C13H19N3O2S. The lowest BCUT2D eigenvalue weighted by molar-refractivity contribution is 0.0727. The number of ether oxygens (including phenoxy) is 1. The van der Waals surface area contributed by atoms with Crippen molar-refractivity contribution in [2.45, 2.75) is 37.8 Å². The first-order valence-corrected chi connectivity index (χ1v) is 7.73. The van der Waals surface area contributed by atoms with E-state index in [1.165, 1.54) is 24.2 Å². The SMILES string of the molecule is NCCc1nc(C(=O)NC2CCOC2C2CC2)cs1. The van der Waals surface area contributed by atoms with Gasteiger partial charge in [-0.1, -0.05) is 0 Å². The Morgan fingerprint density at radius 2 is 2.37 bits per heavy atom. The Morgan fingerprint density at radius 3 is 3.11 bits per heavy atom. The minimum Gasteiger partial charge on any atom is -0.376 e. The zero-order chi connectivity index (χ0) is 13.2. The van der Waals surface area contributed by atoms with E-state index in [0.717, 1.165) is 24.5 Å². The van der Waals surface area contributed by atoms with Gasteiger partial charge in [-0.2, -0.15) is 0 Å². The fourth-order valence-corrected chi connectivity index (χ4v) is 3.35. The van der Waals surface area contributed by atoms with Gasteiger partial charge in [0.05, 0.1) is 17.2 Å². The molecule has 3 N–H and O–H groups in total. The van der Waals surface area contributed by atoms with Crippen molar-refractivity contribution in [1.29, 1.82) is 0 Å². The third-order valence-corrected chi connectivity index (χ3v) is 4.59. The standard InChI is InChI=1S/C13H19N3O2S/c14-5-3-11-15-10(7-19-11)13(17)16-9-4-6-18-12(9)8-1-2-8/h7-9,12H,1-6,14H2,(H,16,17). The average Bonchev–Trinajstić information content (AvgIpc) is 2.96. The topological polar surface area (TPSA) is 77.2 Å². The molecule has 2 aliphatic rings. The van der Waals surface area contributed by atoms with Crippen molar-refractivity contribution in [3.8, 4) is 0 Å². The molecule has 1 aromatic heterocycles. The molecule has 1 aromatic rings. The van der Waals surface area contributed by atoms with Gasteiger partial charge in [0.15, 0.2) is 0 Å². The second kappa shape index (κ2) is 5.56. The summed E-state index contributed by atoms with van der Waals surface area (Å²) in [6.07, 6.45) is 4.32. The number of rotatable bonds is 5. The van der Waals surface area contributed by atoms with E-state index in [9.17, 15) is 4.79 Å². The van der Waals surface area contributed by atoms with Crippen LogP contribution in [0, 0.1) is 5.92 Å². The molecule has 1 aliphatic carbocycles. The minimum atomic E-state index is -0.0827. The molecule has 0 radical (unpaired) electrons. The number of carbonyl (C=O) groups is 1. The summed E-state index contributed by atoms with van der Waals surface area (Å²) in [5, 5.41) is 5.80. The van der Waals surface area contributed by atoms with Crippen LogP contribution in [-0.2, 0) is 11.2 Å². The summed E-state index contributed by atoms with van der Waals surface area (Å²) in [7, 11) is 0. The Bertz CT molecular complexity index is 458. The van der Waals surface area contributed by atoms with Gasteiger partial charge in [-0.05, 0) is 31.7 Å². The first kappa shape index (κ1) is 13.0. The predicted octanol–water partition coefficient (Wildman–Crippen LogP) is 0.942. The highest BCUT2D eigenvalue weighted by Crippen LogP contribution is 2.38. The molecule has 2 atom stereocenters. The van der Waals surface area contributed by atoms with E-state index in [1.54, 1.807) is 0 Å². The molecule has 1 saturated heterocycles. The molecule has 0 spiro atoms. The van der Waals surface area contributed by atoms with E-state index in [0.29, 0.717) is 18.2 Å². The molecular weight excluding hydrogens is 262 g/mol. The van der Waals surface area contributed by atoms with E-state index in [2.05, 4.69) is 10.3 Å². The Hall–Kier alpha value is -0.980. The van der Waals surface area contributed by atoms with Crippen molar-refractivity contribution >= 4 is 17.2 Å². The maximum absolute atomic E-state index is 12.2. The molecule has 1 saturated carbocycles. The van der Waals surface area contributed by atoms with Crippen LogP contribution in [0.5, 0.6) is 0 Å². The van der Waals surface area contributed by atoms with Crippen LogP contribution >= 0.6 is 11.3 Å². The fourth-order valence-electron chi connectivity index (χ4n) is 2.55. The molecule has 2 unspecified atom stereocenters. The molecule has 0 aromatic carbocycles. The molecule has 2 heterocycles. The molecule has 104 valence electrons. The Labute approximate surface area is 116 Å². The van der Waals surface area contributed by atoms with Crippen molar-refractivity contribution in [2.75, 3.05) is 13.2 Å². The monoisotopic (exact) mass is 281 g/mol. The molecule has 19 heavy (non-hydrogen) atoms. The molecule has 1 aliphatic heterocycles. The van der Waals surface area contributed by atoms with Crippen molar-refractivity contribution < 1.29 is 9.53 Å². The lowest BCUT2D eigenvalue weighted by atomic mass is 10.1. The van der Waals surface area contributed by atoms with Crippen LogP contribution < -0.4 is 11.1 Å². The quantitative estimate of drug-likeness (QED) is 0.842. The van der Waals surface area contributed by atoms with Crippen molar-refractivity contribution in [1.82, 2.24) is 10.3 Å². The highest BCUT2D eigenvalue weighted by atomic mass is 32.1. The number of nitrogens with zero attached hydrogens (tertiary/aromatic N) is 1. The summed E-state index contributed by atoms with van der Waals surface area (Å²) < 4.78 is 5.72. The van der Waals surface area contributed by atoms with Crippen LogP contribution in [0.2, 0.25) is 0 Å². The minimum absolute atomic E-state index is 0.0827. The largest absolute Gasteiger partial charge is 0.376 e. The number of hydrogen-bond donors (Lipinski definition) is 2. The molecule has 2 fully saturated rings. The number of nitrogens with one attached hydrogen (secondary N) is 1. The summed E-state index contributed by atoms with van der Waals surface area (Å²) in [6, 6.07) is 0.152. The van der Waals surface area contributed by atoms with E-state index in [-0.39, 0.29) is 18.1 Å². The smallest absolute Gasteiger partial charge is 0.271 e. The average molecular weight is 281 g/mol. The van der Waals surface area contributed by atoms with Crippen LogP contribution in [0.15, 0.2) is 5.38 Å². The highest BCUT2D eigenvalue weighted by Gasteiger charge is 2.41. The van der Waals surface area contributed by atoms with Gasteiger partial charge in [0.25, 0.3) is 5.91 Å². The summed E-state index contributed by atoms with van der Waals surface area (Å²) in [4.78, 5) is 16.5. The lowest BCUT2D eigenvalue weighted by Crippen LogP contribution is -2.41. The predicted molar refractivity (Wildman–Crippen MR) is 73.2 cm³/mol. The fraction of sp³-hybridized carbons (Fsp3) is 0.692. The van der Waals surface area contributed by atoms with Gasteiger partial charge < -0.3 is 15.8 Å². The number of thiazole rings is 1. The first-order valence-electron chi connectivity index (χ1n) is 6.85. The highest BCUT2D eigenvalue weighted by molar-refractivity contribution is 7.09. The van der Waals surface area contributed by atoms with Gasteiger partial charge >= 0.3 is 0 Å². The van der Waals surface area contributed by atoms with Crippen molar-refractivity contribution in [3.63, 3.8) is 0 Å². The van der Waals surface area contributed by atoms with Gasteiger partial charge in [0.1, 0.15) is 5.69 Å². The van der Waals surface area contributed by atoms with Crippen molar-refractivity contribution in [2.24, 2.45) is 11.7 Å². The zero-order valence-electron chi connectivity index (χ0n) is 10.8. The van der Waals surface area contributed by atoms with Crippen LogP contribution in [0.3, 0.4) is 0 Å². The number of carbonyl (C=O) groups excluding carboxylic acids is 1. The molecule has 6 heteroatoms. The summed E-state index contributed by atoms with van der Waals surface area (Å²) >= 11 is 1.50. The van der Waals surface area contributed by atoms with Crippen LogP contribution in [0.25, 0.3) is 0 Å². The number of hydrogen-bond acceptors (Lipinski definition) is 5. The van der Waals surface area contributed by atoms with E-state index in [4.69, 9.17) is 10.5 Å². The summed E-state index contributed by atoms with van der Waals surface area (Å²) in [5.41, 5.74) is 6.00. The second-order valence-electron chi connectivity index (χ2n) is 5.21. The number of amides is 1. The number of aromatic nitrogens is 1. The Balaban J connectivity index is 1.60. The van der Waals surface area contributed by atoms with E-state index in [1.807, 2.05) is 5.38 Å². The molecule has 3 rings (SSSR count). The van der Waals surface area contributed by atoms with Gasteiger partial charge in [-0.15, -0.1) is 11.3 Å². The Morgan fingerprint density at radius 1 is 1.53 bits per heavy atom. The third kappa shape index (κ3) is 2.96. The Kier molecular flexibility index (Phi) is 3.81. The molecule has 5 nitrogen and oxygen atoms in total. The molecule has 1 amide bonds. The second-order valence-corrected chi connectivity index (χ2v) is 6.15. The van der Waals surface area contributed by atoms with Gasteiger partial charge in [0.2, 0.25) is 0 Å². The third-order valence-electron chi connectivity index (χ3n) is 3.68. The van der Waals surface area contributed by atoms with Crippen LogP contribution in [0.1, 0.15) is 34.8 Å². The van der Waals surface area contributed by atoms with Crippen LogP contribution in [0.4, 0.5) is 0 Å². The maximum atomic E-state index is 12.2. The maximum Gasteiger partial charge on any atom is 0.271 e. The van der Waals surface area contributed by atoms with E-state index < -0.39 is 0 Å². The lowest BCUT2D eigenvalue weighted by Gasteiger charge is -2.18. The summed E-state index contributed by atoms with van der Waals surface area (Å²) in [6.45, 7) is 1.32. The van der Waals surface area contributed by atoms with Gasteiger partial charge in [0, 0.05) is 18.4 Å².